The van der Waals surface area contributed by atoms with Gasteiger partial charge in [-0.25, -0.2) is 13.1 Å². The second-order valence-electron chi connectivity index (χ2n) is 5.59. The third kappa shape index (κ3) is 3.80. The van der Waals surface area contributed by atoms with Gasteiger partial charge in [0.25, 0.3) is 0 Å². The van der Waals surface area contributed by atoms with Gasteiger partial charge in [-0.3, -0.25) is 4.79 Å². The molecule has 0 aliphatic rings. The molecule has 1 aromatic heterocycles. The highest BCUT2D eigenvalue weighted by atomic mass is 32.2. The average Bonchev–Trinajstić information content (AvgIpc) is 2.97. The van der Waals surface area contributed by atoms with E-state index in [0.29, 0.717) is 5.69 Å². The molecule has 0 saturated carbocycles. The van der Waals surface area contributed by atoms with Crippen LogP contribution in [0.1, 0.15) is 6.42 Å². The first-order chi connectivity index (χ1) is 11.4. The zero-order chi connectivity index (χ0) is 17.2. The fraction of sp³-hybridized carbons (Fsp3) is 0.176. The highest BCUT2D eigenvalue weighted by Crippen LogP contribution is 2.19. The van der Waals surface area contributed by atoms with E-state index in [9.17, 15) is 13.2 Å². The zero-order valence-electron chi connectivity index (χ0n) is 13.1. The van der Waals surface area contributed by atoms with E-state index in [1.165, 1.54) is 0 Å². The molecule has 1 N–H and O–H groups in total. The van der Waals surface area contributed by atoms with Crippen LogP contribution in [0.15, 0.2) is 54.7 Å². The summed E-state index contributed by atoms with van der Waals surface area (Å²) >= 11 is 0. The van der Waals surface area contributed by atoms with Crippen LogP contribution in [-0.4, -0.2) is 36.1 Å². The van der Waals surface area contributed by atoms with Gasteiger partial charge in [0.2, 0.25) is 5.91 Å². The predicted molar refractivity (Wildman–Crippen MR) is 94.0 cm³/mol. The molecule has 6 nitrogen and oxygen atoms in total. The van der Waals surface area contributed by atoms with Crippen LogP contribution in [0.25, 0.3) is 16.6 Å². The standard InChI is InChI=1S/C17H17N3O3S/c1-24(22,23)11-10-17(21)19-14-6-8-15(9-7-14)20-16-5-3-2-4-13(16)12-18-20/h2-9,12H,10-11H2,1H3,(H,19,21). The first-order valence-corrected chi connectivity index (χ1v) is 9.49. The Kier molecular flexibility index (Phi) is 4.35. The van der Waals surface area contributed by atoms with E-state index in [-0.39, 0.29) is 18.1 Å². The number of aromatic nitrogens is 2. The Morgan fingerprint density at radius 3 is 2.54 bits per heavy atom. The van der Waals surface area contributed by atoms with Crippen LogP contribution in [0.5, 0.6) is 0 Å². The number of anilines is 1. The minimum Gasteiger partial charge on any atom is -0.326 e. The number of hydrogen-bond donors (Lipinski definition) is 1. The second kappa shape index (κ2) is 6.45. The van der Waals surface area contributed by atoms with E-state index in [4.69, 9.17) is 0 Å². The van der Waals surface area contributed by atoms with Crippen molar-refractivity contribution in [2.24, 2.45) is 0 Å². The van der Waals surface area contributed by atoms with E-state index in [0.717, 1.165) is 22.8 Å². The van der Waals surface area contributed by atoms with Gasteiger partial charge in [-0.05, 0) is 30.3 Å². The number of amides is 1. The van der Waals surface area contributed by atoms with Crippen LogP contribution in [0.3, 0.4) is 0 Å². The Bertz CT molecular complexity index is 976. The van der Waals surface area contributed by atoms with E-state index in [1.54, 1.807) is 18.3 Å². The van der Waals surface area contributed by atoms with Crippen LogP contribution < -0.4 is 5.32 Å². The number of nitrogens with zero attached hydrogens (tertiary/aromatic N) is 2. The van der Waals surface area contributed by atoms with Gasteiger partial charge in [-0.2, -0.15) is 5.10 Å². The predicted octanol–water partition coefficient (Wildman–Crippen LogP) is 2.40. The number of carbonyl (C=O) groups excluding carboxylic acids is 1. The third-order valence-electron chi connectivity index (χ3n) is 3.57. The van der Waals surface area contributed by atoms with E-state index in [1.807, 2.05) is 41.1 Å². The zero-order valence-corrected chi connectivity index (χ0v) is 14.0. The fourth-order valence-electron chi connectivity index (χ4n) is 2.37. The molecule has 0 atom stereocenters. The molecule has 0 fully saturated rings. The second-order valence-corrected chi connectivity index (χ2v) is 7.85. The Balaban J connectivity index is 1.73. The lowest BCUT2D eigenvalue weighted by Crippen LogP contribution is -2.16. The maximum atomic E-state index is 11.8. The summed E-state index contributed by atoms with van der Waals surface area (Å²) in [6, 6.07) is 15.1. The van der Waals surface area contributed by atoms with E-state index >= 15 is 0 Å². The lowest BCUT2D eigenvalue weighted by atomic mass is 10.2. The number of rotatable bonds is 5. The molecule has 0 spiro atoms. The molecule has 0 bridgehead atoms. The van der Waals surface area contributed by atoms with Crippen molar-refractivity contribution in [1.82, 2.24) is 9.78 Å². The molecule has 0 saturated heterocycles. The summed E-state index contributed by atoms with van der Waals surface area (Å²) in [6.07, 6.45) is 2.87. The Morgan fingerprint density at radius 1 is 1.12 bits per heavy atom. The highest BCUT2D eigenvalue weighted by molar-refractivity contribution is 7.90. The molecule has 1 amide bonds. The van der Waals surface area contributed by atoms with Crippen LogP contribution in [0.4, 0.5) is 5.69 Å². The number of para-hydroxylation sites is 1. The fourth-order valence-corrected chi connectivity index (χ4v) is 2.92. The van der Waals surface area contributed by atoms with Crippen molar-refractivity contribution in [3.63, 3.8) is 0 Å². The molecule has 3 aromatic rings. The molecule has 3 rings (SSSR count). The van der Waals surface area contributed by atoms with Gasteiger partial charge in [-0.1, -0.05) is 18.2 Å². The minimum absolute atomic E-state index is 0.0512. The quantitative estimate of drug-likeness (QED) is 0.771. The molecule has 7 heteroatoms. The van der Waals surface area contributed by atoms with E-state index < -0.39 is 9.84 Å². The van der Waals surface area contributed by atoms with Crippen LogP contribution in [0.2, 0.25) is 0 Å². The number of fused-ring (bicyclic) bond motifs is 1. The SMILES string of the molecule is CS(=O)(=O)CCC(=O)Nc1ccc(-n2ncc3ccccc32)cc1. The van der Waals surface area contributed by atoms with Crippen molar-refractivity contribution < 1.29 is 13.2 Å². The summed E-state index contributed by atoms with van der Waals surface area (Å²) in [5.74, 6) is -0.478. The highest BCUT2D eigenvalue weighted by Gasteiger charge is 2.09. The maximum absolute atomic E-state index is 11.8. The third-order valence-corrected chi connectivity index (χ3v) is 4.52. The molecule has 124 valence electrons. The van der Waals surface area contributed by atoms with Crippen LogP contribution >= 0.6 is 0 Å². The normalized spacial score (nSPS) is 11.5. The molecule has 24 heavy (non-hydrogen) atoms. The van der Waals surface area contributed by atoms with E-state index in [2.05, 4.69) is 10.4 Å². The Labute approximate surface area is 140 Å². The largest absolute Gasteiger partial charge is 0.326 e. The molecule has 0 unspecified atom stereocenters. The molecule has 1 heterocycles. The van der Waals surface area contributed by atoms with Crippen molar-refractivity contribution >= 4 is 32.3 Å². The van der Waals surface area contributed by atoms with Crippen LogP contribution in [-0.2, 0) is 14.6 Å². The summed E-state index contributed by atoms with van der Waals surface area (Å²) in [5, 5.41) is 8.12. The summed E-state index contributed by atoms with van der Waals surface area (Å²) in [5.41, 5.74) is 2.50. The van der Waals surface area contributed by atoms with Crippen molar-refractivity contribution in [1.29, 1.82) is 0 Å². The molecule has 0 aliphatic heterocycles. The minimum atomic E-state index is -3.14. The summed E-state index contributed by atoms with van der Waals surface area (Å²) in [4.78, 5) is 11.8. The first kappa shape index (κ1) is 16.2. The number of sulfone groups is 1. The molecule has 0 radical (unpaired) electrons. The van der Waals surface area contributed by atoms with Gasteiger partial charge >= 0.3 is 0 Å². The molecular weight excluding hydrogens is 326 g/mol. The molecule has 0 aliphatic carbocycles. The van der Waals surface area contributed by atoms with Crippen molar-refractivity contribution in [2.45, 2.75) is 6.42 Å². The first-order valence-electron chi connectivity index (χ1n) is 7.43. The average molecular weight is 343 g/mol. The molecular formula is C17H17N3O3S. The lowest BCUT2D eigenvalue weighted by molar-refractivity contribution is -0.115. The number of carbonyl (C=O) groups is 1. The smallest absolute Gasteiger partial charge is 0.225 e. The van der Waals surface area contributed by atoms with Crippen molar-refractivity contribution in [3.05, 3.63) is 54.7 Å². The Hall–Kier alpha value is -2.67. The summed E-state index contributed by atoms with van der Waals surface area (Å²) in [6.45, 7) is 0. The molecule has 2 aromatic carbocycles. The van der Waals surface area contributed by atoms with Gasteiger partial charge in [0.05, 0.1) is 23.2 Å². The number of nitrogens with one attached hydrogen (secondary N) is 1. The van der Waals surface area contributed by atoms with Gasteiger partial charge in [-0.15, -0.1) is 0 Å². The van der Waals surface area contributed by atoms with Gasteiger partial charge < -0.3 is 5.32 Å². The lowest BCUT2D eigenvalue weighted by Gasteiger charge is -2.07. The van der Waals surface area contributed by atoms with Crippen LogP contribution in [0, 0.1) is 0 Å². The monoisotopic (exact) mass is 343 g/mol. The van der Waals surface area contributed by atoms with Gasteiger partial charge in [0.15, 0.2) is 0 Å². The van der Waals surface area contributed by atoms with Crippen molar-refractivity contribution in [2.75, 3.05) is 17.3 Å². The maximum Gasteiger partial charge on any atom is 0.225 e. The number of benzene rings is 2. The summed E-state index contributed by atoms with van der Waals surface area (Å²) in [7, 11) is -3.14. The van der Waals surface area contributed by atoms with Crippen molar-refractivity contribution in [3.8, 4) is 5.69 Å². The number of hydrogen-bond acceptors (Lipinski definition) is 4. The van der Waals surface area contributed by atoms with Gasteiger partial charge in [0.1, 0.15) is 9.84 Å². The topological polar surface area (TPSA) is 81.1 Å². The Morgan fingerprint density at radius 2 is 1.83 bits per heavy atom. The summed E-state index contributed by atoms with van der Waals surface area (Å²) < 4.78 is 24.0. The van der Waals surface area contributed by atoms with Gasteiger partial charge in [0, 0.05) is 23.8 Å².